The number of nitro groups is 2. The maximum Gasteiger partial charge on any atom is 0.319 e. The average Bonchev–Trinajstić information content (AvgIpc) is 2.86. The Kier molecular flexibility index (Phi) is 5.45. The predicted molar refractivity (Wildman–Crippen MR) is 85.3 cm³/mol. The second kappa shape index (κ2) is 7.39. The van der Waals surface area contributed by atoms with Crippen LogP contribution in [-0.4, -0.2) is 25.5 Å². The summed E-state index contributed by atoms with van der Waals surface area (Å²) in [4.78, 5) is 32.0. The number of carbonyl (C=O) groups excluding carboxylic acids is 1. The molecule has 1 N–H and O–H groups in total. The summed E-state index contributed by atoms with van der Waals surface area (Å²) in [5, 5.41) is 27.4. The monoisotopic (exact) mass is 389 g/mol. The Balaban J connectivity index is 2.26. The van der Waals surface area contributed by atoms with E-state index in [0.29, 0.717) is 0 Å². The Morgan fingerprint density at radius 2 is 2.00 bits per heavy atom. The highest BCUT2D eigenvalue weighted by molar-refractivity contribution is 6.33. The molecule has 10 nitrogen and oxygen atoms in total. The van der Waals surface area contributed by atoms with E-state index in [1.54, 1.807) is 0 Å². The van der Waals surface area contributed by atoms with Gasteiger partial charge >= 0.3 is 5.69 Å². The Morgan fingerprint density at radius 1 is 1.35 bits per heavy atom. The SMILES string of the molecule is Cc1c([N+](=O)[O-])c(C(F)F)nn1CC(=O)Nc1cc([N+](=O)[O-])ccc1Cl. The number of carbonyl (C=O) groups is 1. The maximum absolute atomic E-state index is 12.9. The molecular formula is C13H10ClF2N5O5. The molecule has 138 valence electrons. The molecule has 0 saturated carbocycles. The van der Waals surface area contributed by atoms with E-state index < -0.39 is 40.1 Å². The second-order valence-electron chi connectivity index (χ2n) is 5.00. The van der Waals surface area contributed by atoms with Crippen molar-refractivity contribution < 1.29 is 23.4 Å². The molecule has 13 heteroatoms. The molecule has 0 atom stereocenters. The van der Waals surface area contributed by atoms with Crippen LogP contribution in [0.5, 0.6) is 0 Å². The van der Waals surface area contributed by atoms with Crippen LogP contribution < -0.4 is 5.32 Å². The van der Waals surface area contributed by atoms with Gasteiger partial charge in [-0.3, -0.25) is 29.7 Å². The van der Waals surface area contributed by atoms with Gasteiger partial charge in [0, 0.05) is 12.1 Å². The van der Waals surface area contributed by atoms with Gasteiger partial charge in [0.05, 0.1) is 20.6 Å². The Morgan fingerprint density at radius 3 is 2.50 bits per heavy atom. The van der Waals surface area contributed by atoms with Crippen molar-refractivity contribution in [1.82, 2.24) is 9.78 Å². The highest BCUT2D eigenvalue weighted by atomic mass is 35.5. The number of halogens is 3. The van der Waals surface area contributed by atoms with E-state index in [4.69, 9.17) is 11.6 Å². The van der Waals surface area contributed by atoms with E-state index in [1.807, 2.05) is 0 Å². The molecule has 0 bridgehead atoms. The van der Waals surface area contributed by atoms with Gasteiger partial charge in [0.25, 0.3) is 12.1 Å². The maximum atomic E-state index is 12.9. The fourth-order valence-electron chi connectivity index (χ4n) is 2.13. The number of hydrogen-bond donors (Lipinski definition) is 1. The van der Waals surface area contributed by atoms with Crippen LogP contribution in [0.1, 0.15) is 17.8 Å². The lowest BCUT2D eigenvalue weighted by molar-refractivity contribution is -0.386. The van der Waals surface area contributed by atoms with Crippen LogP contribution in [0.3, 0.4) is 0 Å². The second-order valence-corrected chi connectivity index (χ2v) is 5.41. The van der Waals surface area contributed by atoms with Gasteiger partial charge in [0.15, 0.2) is 0 Å². The van der Waals surface area contributed by atoms with Crippen molar-refractivity contribution in [3.63, 3.8) is 0 Å². The van der Waals surface area contributed by atoms with E-state index in [0.717, 1.165) is 16.8 Å². The van der Waals surface area contributed by atoms with Crippen LogP contribution in [-0.2, 0) is 11.3 Å². The minimum Gasteiger partial charge on any atom is -0.323 e. The highest BCUT2D eigenvalue weighted by Crippen LogP contribution is 2.31. The van der Waals surface area contributed by atoms with Gasteiger partial charge in [0.1, 0.15) is 12.2 Å². The lowest BCUT2D eigenvalue weighted by atomic mass is 10.2. The molecule has 0 radical (unpaired) electrons. The van der Waals surface area contributed by atoms with Crippen molar-refractivity contribution in [3.8, 4) is 0 Å². The Bertz CT molecular complexity index is 901. The van der Waals surface area contributed by atoms with Crippen LogP contribution in [0.4, 0.5) is 25.8 Å². The standard InChI is InChI=1S/C13H10ClF2N5O5/c1-6-12(21(25)26)11(13(15)16)18-19(6)5-10(22)17-9-4-7(20(23)24)2-3-8(9)14/h2-4,13H,5H2,1H3,(H,17,22). The molecule has 1 aromatic heterocycles. The number of non-ortho nitro benzene ring substituents is 1. The lowest BCUT2D eigenvalue weighted by Crippen LogP contribution is -2.20. The number of amides is 1. The van der Waals surface area contributed by atoms with E-state index >= 15 is 0 Å². The van der Waals surface area contributed by atoms with Crippen molar-refractivity contribution in [2.24, 2.45) is 0 Å². The molecule has 1 aromatic carbocycles. The first-order valence-corrected chi connectivity index (χ1v) is 7.23. The number of benzene rings is 1. The third-order valence-electron chi connectivity index (χ3n) is 3.32. The third kappa shape index (κ3) is 3.91. The number of aromatic nitrogens is 2. The molecule has 1 heterocycles. The van der Waals surface area contributed by atoms with Crippen molar-refractivity contribution in [2.45, 2.75) is 19.9 Å². The van der Waals surface area contributed by atoms with Crippen LogP contribution in [0, 0.1) is 27.2 Å². The van der Waals surface area contributed by atoms with Crippen LogP contribution >= 0.6 is 11.6 Å². The summed E-state index contributed by atoms with van der Waals surface area (Å²) >= 11 is 5.84. The number of rotatable bonds is 6. The minimum absolute atomic E-state index is 0.0142. The zero-order valence-electron chi connectivity index (χ0n) is 13.0. The summed E-state index contributed by atoms with van der Waals surface area (Å²) in [5.74, 6) is -0.811. The first-order chi connectivity index (χ1) is 12.1. The quantitative estimate of drug-likeness (QED) is 0.595. The zero-order chi connectivity index (χ0) is 19.6. The van der Waals surface area contributed by atoms with Crippen molar-refractivity contribution in [1.29, 1.82) is 0 Å². The molecule has 0 saturated heterocycles. The van der Waals surface area contributed by atoms with Crippen molar-refractivity contribution >= 4 is 34.6 Å². The number of nitro benzene ring substituents is 1. The van der Waals surface area contributed by atoms with Crippen LogP contribution in [0.2, 0.25) is 5.02 Å². The molecule has 0 aliphatic carbocycles. The van der Waals surface area contributed by atoms with Gasteiger partial charge in [-0.05, 0) is 13.0 Å². The van der Waals surface area contributed by atoms with E-state index in [9.17, 15) is 33.8 Å². The first kappa shape index (κ1) is 19.2. The molecular weight excluding hydrogens is 380 g/mol. The predicted octanol–water partition coefficient (Wildman–Crippen LogP) is 3.24. The number of nitrogens with zero attached hydrogens (tertiary/aromatic N) is 4. The smallest absolute Gasteiger partial charge is 0.319 e. The largest absolute Gasteiger partial charge is 0.323 e. The zero-order valence-corrected chi connectivity index (χ0v) is 13.7. The van der Waals surface area contributed by atoms with Gasteiger partial charge in [-0.25, -0.2) is 8.78 Å². The molecule has 0 aliphatic heterocycles. The van der Waals surface area contributed by atoms with Gasteiger partial charge < -0.3 is 5.32 Å². The Labute approximate surface area is 148 Å². The van der Waals surface area contributed by atoms with Gasteiger partial charge in [-0.15, -0.1) is 0 Å². The summed E-state index contributed by atoms with van der Waals surface area (Å²) in [6.07, 6.45) is -3.19. The van der Waals surface area contributed by atoms with Gasteiger partial charge in [-0.1, -0.05) is 11.6 Å². The first-order valence-electron chi connectivity index (χ1n) is 6.85. The molecule has 0 fully saturated rings. The van der Waals surface area contributed by atoms with Gasteiger partial charge in [-0.2, -0.15) is 5.10 Å². The molecule has 0 unspecified atom stereocenters. The van der Waals surface area contributed by atoms with Crippen molar-refractivity contribution in [2.75, 3.05) is 5.32 Å². The minimum atomic E-state index is -3.19. The summed E-state index contributed by atoms with van der Waals surface area (Å²) < 4.78 is 26.5. The average molecular weight is 390 g/mol. The third-order valence-corrected chi connectivity index (χ3v) is 3.65. The van der Waals surface area contributed by atoms with Gasteiger partial charge in [0.2, 0.25) is 11.6 Å². The van der Waals surface area contributed by atoms with Crippen LogP contribution in [0.25, 0.3) is 0 Å². The topological polar surface area (TPSA) is 133 Å². The van der Waals surface area contributed by atoms with E-state index in [-0.39, 0.29) is 22.1 Å². The van der Waals surface area contributed by atoms with E-state index in [1.165, 1.54) is 13.0 Å². The number of hydrogen-bond acceptors (Lipinski definition) is 6. The molecule has 1 amide bonds. The summed E-state index contributed by atoms with van der Waals surface area (Å²) in [6.45, 7) is 0.545. The molecule has 26 heavy (non-hydrogen) atoms. The summed E-state index contributed by atoms with van der Waals surface area (Å²) in [7, 11) is 0. The molecule has 2 aromatic rings. The van der Waals surface area contributed by atoms with E-state index in [2.05, 4.69) is 10.4 Å². The number of nitrogens with one attached hydrogen (secondary N) is 1. The van der Waals surface area contributed by atoms with Crippen molar-refractivity contribution in [3.05, 3.63) is 54.8 Å². The molecule has 2 rings (SSSR count). The normalized spacial score (nSPS) is 10.8. The fraction of sp³-hybridized carbons (Fsp3) is 0.231. The fourth-order valence-corrected chi connectivity index (χ4v) is 2.30. The molecule has 0 spiro atoms. The highest BCUT2D eigenvalue weighted by Gasteiger charge is 2.31. The summed E-state index contributed by atoms with van der Waals surface area (Å²) in [6, 6.07) is 3.35. The Hall–Kier alpha value is -3.15. The number of alkyl halides is 2. The number of anilines is 1. The lowest BCUT2D eigenvalue weighted by Gasteiger charge is -2.08. The summed E-state index contributed by atoms with van der Waals surface area (Å²) in [5.41, 5.74) is -2.55. The molecule has 0 aliphatic rings. The van der Waals surface area contributed by atoms with Crippen LogP contribution in [0.15, 0.2) is 18.2 Å².